The van der Waals surface area contributed by atoms with Crippen LogP contribution >= 0.6 is 43.2 Å². The fraction of sp³-hybridized carbons (Fsp3) is 0.182. The molecule has 0 bridgehead atoms. The van der Waals surface area contributed by atoms with Crippen molar-refractivity contribution in [3.63, 3.8) is 0 Å². The Kier molecular flexibility index (Phi) is 4.42. The molecule has 90 valence electrons. The van der Waals surface area contributed by atoms with Crippen LogP contribution in [0.25, 0.3) is 0 Å². The summed E-state index contributed by atoms with van der Waals surface area (Å²) in [5, 5.41) is 3.28. The predicted molar refractivity (Wildman–Crippen MR) is 80.6 cm³/mol. The van der Waals surface area contributed by atoms with Gasteiger partial charge in [0.2, 0.25) is 0 Å². The summed E-state index contributed by atoms with van der Waals surface area (Å²) < 4.78 is 2.06. The van der Waals surface area contributed by atoms with E-state index in [9.17, 15) is 0 Å². The summed E-state index contributed by atoms with van der Waals surface area (Å²) in [6, 6.07) is 6.04. The zero-order valence-electron chi connectivity index (χ0n) is 8.91. The zero-order valence-corrected chi connectivity index (χ0v) is 12.9. The zero-order chi connectivity index (χ0) is 12.3. The SMILES string of the molecule is Nc1cnc(NCCc2ccc(Br)s2)c(Br)c1. The van der Waals surface area contributed by atoms with Gasteiger partial charge in [0.25, 0.3) is 0 Å². The molecule has 2 aromatic heterocycles. The Labute approximate surface area is 121 Å². The van der Waals surface area contributed by atoms with Crippen LogP contribution in [0.3, 0.4) is 0 Å². The number of rotatable bonds is 4. The number of anilines is 2. The van der Waals surface area contributed by atoms with E-state index in [1.54, 1.807) is 17.5 Å². The highest BCUT2D eigenvalue weighted by Gasteiger charge is 2.02. The van der Waals surface area contributed by atoms with Gasteiger partial charge in [-0.15, -0.1) is 11.3 Å². The van der Waals surface area contributed by atoms with Crippen molar-refractivity contribution in [2.24, 2.45) is 0 Å². The fourth-order valence-electron chi connectivity index (χ4n) is 1.37. The van der Waals surface area contributed by atoms with Gasteiger partial charge in [-0.2, -0.15) is 0 Å². The van der Waals surface area contributed by atoms with E-state index in [0.29, 0.717) is 5.69 Å². The molecule has 0 radical (unpaired) electrons. The molecule has 0 unspecified atom stereocenters. The Balaban J connectivity index is 1.90. The number of pyridine rings is 1. The second-order valence-electron chi connectivity index (χ2n) is 3.48. The molecule has 0 aliphatic rings. The van der Waals surface area contributed by atoms with Crippen molar-refractivity contribution in [1.82, 2.24) is 4.98 Å². The number of nitrogen functional groups attached to an aromatic ring is 1. The van der Waals surface area contributed by atoms with Crippen LogP contribution in [0.2, 0.25) is 0 Å². The van der Waals surface area contributed by atoms with Gasteiger partial charge >= 0.3 is 0 Å². The molecular weight excluding hydrogens is 366 g/mol. The molecule has 0 aliphatic heterocycles. The molecule has 0 fully saturated rings. The van der Waals surface area contributed by atoms with Crippen LogP contribution in [0.5, 0.6) is 0 Å². The third kappa shape index (κ3) is 3.69. The maximum absolute atomic E-state index is 5.63. The topological polar surface area (TPSA) is 50.9 Å². The number of aromatic nitrogens is 1. The number of halogens is 2. The smallest absolute Gasteiger partial charge is 0.140 e. The van der Waals surface area contributed by atoms with Crippen LogP contribution in [0.15, 0.2) is 32.7 Å². The molecule has 0 saturated carbocycles. The maximum atomic E-state index is 5.63. The molecule has 2 heterocycles. The summed E-state index contributed by atoms with van der Waals surface area (Å²) in [6.07, 6.45) is 2.63. The van der Waals surface area contributed by atoms with Gasteiger partial charge in [-0.05, 0) is 56.5 Å². The normalized spacial score (nSPS) is 10.5. The first-order valence-electron chi connectivity index (χ1n) is 5.04. The van der Waals surface area contributed by atoms with Crippen LogP contribution in [0, 0.1) is 0 Å². The van der Waals surface area contributed by atoms with Crippen molar-refractivity contribution in [3.05, 3.63) is 37.5 Å². The average molecular weight is 377 g/mol. The first-order chi connectivity index (χ1) is 8.15. The van der Waals surface area contributed by atoms with Crippen molar-refractivity contribution in [3.8, 4) is 0 Å². The summed E-state index contributed by atoms with van der Waals surface area (Å²) in [7, 11) is 0. The number of hydrogen-bond donors (Lipinski definition) is 2. The molecule has 0 atom stereocenters. The van der Waals surface area contributed by atoms with E-state index in [4.69, 9.17) is 5.73 Å². The number of thiophene rings is 1. The standard InChI is InChI=1S/C11H11Br2N3S/c12-9-5-7(14)6-16-11(9)15-4-3-8-1-2-10(13)17-8/h1-2,5-6H,3-4,14H2,(H,15,16). The van der Waals surface area contributed by atoms with Gasteiger partial charge in [-0.25, -0.2) is 4.98 Å². The quantitative estimate of drug-likeness (QED) is 0.850. The Hall–Kier alpha value is -0.590. The molecule has 3 nitrogen and oxygen atoms in total. The van der Waals surface area contributed by atoms with E-state index >= 15 is 0 Å². The van der Waals surface area contributed by atoms with Crippen LogP contribution in [-0.2, 0) is 6.42 Å². The van der Waals surface area contributed by atoms with E-state index in [-0.39, 0.29) is 0 Å². The van der Waals surface area contributed by atoms with Gasteiger partial charge in [0.1, 0.15) is 5.82 Å². The lowest BCUT2D eigenvalue weighted by atomic mass is 10.3. The number of nitrogens with two attached hydrogens (primary N) is 1. The van der Waals surface area contributed by atoms with E-state index in [0.717, 1.165) is 23.3 Å². The fourth-order valence-corrected chi connectivity index (χ4v) is 3.36. The Morgan fingerprint density at radius 2 is 2.18 bits per heavy atom. The van der Waals surface area contributed by atoms with Crippen molar-refractivity contribution in [2.45, 2.75) is 6.42 Å². The van der Waals surface area contributed by atoms with Gasteiger partial charge in [-0.3, -0.25) is 0 Å². The molecule has 0 amide bonds. The van der Waals surface area contributed by atoms with Crippen molar-refractivity contribution < 1.29 is 0 Å². The first kappa shape index (κ1) is 12.9. The molecule has 0 saturated heterocycles. The van der Waals surface area contributed by atoms with Crippen LogP contribution in [0.1, 0.15) is 4.88 Å². The summed E-state index contributed by atoms with van der Waals surface area (Å²) in [5.41, 5.74) is 6.28. The Bertz CT molecular complexity index is 513. The number of nitrogens with one attached hydrogen (secondary N) is 1. The average Bonchev–Trinajstić information content (AvgIpc) is 2.68. The maximum Gasteiger partial charge on any atom is 0.140 e. The molecule has 0 aromatic carbocycles. The predicted octanol–water partition coefficient (Wildman–Crippen LogP) is 3.90. The first-order valence-corrected chi connectivity index (χ1v) is 7.44. The molecule has 3 N–H and O–H groups in total. The minimum absolute atomic E-state index is 0.657. The van der Waals surface area contributed by atoms with Crippen molar-refractivity contribution >= 4 is 54.7 Å². The molecule has 2 aromatic rings. The van der Waals surface area contributed by atoms with Gasteiger partial charge in [-0.1, -0.05) is 0 Å². The minimum Gasteiger partial charge on any atom is -0.397 e. The third-order valence-electron chi connectivity index (χ3n) is 2.16. The van der Waals surface area contributed by atoms with Crippen LogP contribution < -0.4 is 11.1 Å². The number of nitrogens with zero attached hydrogens (tertiary/aromatic N) is 1. The highest BCUT2D eigenvalue weighted by molar-refractivity contribution is 9.11. The monoisotopic (exact) mass is 375 g/mol. The molecular formula is C11H11Br2N3S. The van der Waals surface area contributed by atoms with E-state index < -0.39 is 0 Å². The second kappa shape index (κ2) is 5.84. The van der Waals surface area contributed by atoms with Crippen molar-refractivity contribution in [2.75, 3.05) is 17.6 Å². The lowest BCUT2D eigenvalue weighted by Crippen LogP contribution is -2.06. The molecule has 6 heteroatoms. The van der Waals surface area contributed by atoms with E-state index in [1.807, 2.05) is 6.07 Å². The highest BCUT2D eigenvalue weighted by atomic mass is 79.9. The highest BCUT2D eigenvalue weighted by Crippen LogP contribution is 2.24. The Morgan fingerprint density at radius 3 is 2.82 bits per heavy atom. The summed E-state index contributed by atoms with van der Waals surface area (Å²) in [5.74, 6) is 0.829. The summed E-state index contributed by atoms with van der Waals surface area (Å²) >= 11 is 8.63. The van der Waals surface area contributed by atoms with E-state index in [2.05, 4.69) is 54.3 Å². The summed E-state index contributed by atoms with van der Waals surface area (Å²) in [4.78, 5) is 5.57. The van der Waals surface area contributed by atoms with Crippen LogP contribution in [-0.4, -0.2) is 11.5 Å². The second-order valence-corrected chi connectivity index (χ2v) is 6.88. The van der Waals surface area contributed by atoms with Gasteiger partial charge in [0, 0.05) is 11.4 Å². The number of hydrogen-bond acceptors (Lipinski definition) is 4. The molecule has 17 heavy (non-hydrogen) atoms. The summed E-state index contributed by atoms with van der Waals surface area (Å²) in [6.45, 7) is 0.850. The molecule has 2 rings (SSSR count). The van der Waals surface area contributed by atoms with E-state index in [1.165, 1.54) is 8.66 Å². The molecule has 0 aliphatic carbocycles. The third-order valence-corrected chi connectivity index (χ3v) is 4.44. The van der Waals surface area contributed by atoms with Crippen molar-refractivity contribution in [1.29, 1.82) is 0 Å². The van der Waals surface area contributed by atoms with Gasteiger partial charge in [0.15, 0.2) is 0 Å². The van der Waals surface area contributed by atoms with Gasteiger partial charge < -0.3 is 11.1 Å². The largest absolute Gasteiger partial charge is 0.397 e. The minimum atomic E-state index is 0.657. The van der Waals surface area contributed by atoms with Gasteiger partial charge in [0.05, 0.1) is 20.1 Å². The lowest BCUT2D eigenvalue weighted by Gasteiger charge is -2.07. The van der Waals surface area contributed by atoms with Crippen LogP contribution in [0.4, 0.5) is 11.5 Å². The lowest BCUT2D eigenvalue weighted by molar-refractivity contribution is 1.03. The molecule has 0 spiro atoms. The Morgan fingerprint density at radius 1 is 1.35 bits per heavy atom.